The van der Waals surface area contributed by atoms with Gasteiger partial charge in [-0.15, -0.1) is 0 Å². The van der Waals surface area contributed by atoms with Crippen LogP contribution in [0.5, 0.6) is 0 Å². The van der Waals surface area contributed by atoms with E-state index in [2.05, 4.69) is 10.4 Å². The molecule has 0 aliphatic rings. The zero-order chi connectivity index (χ0) is 14.0. The van der Waals surface area contributed by atoms with Crippen LogP contribution in [-0.2, 0) is 11.3 Å². The van der Waals surface area contributed by atoms with Gasteiger partial charge in [-0.3, -0.25) is 9.48 Å². The summed E-state index contributed by atoms with van der Waals surface area (Å²) in [4.78, 5) is 11.8. The lowest BCUT2D eigenvalue weighted by atomic mass is 10.2. The Morgan fingerprint density at radius 1 is 1.58 bits per heavy atom. The molecule has 0 saturated heterocycles. The summed E-state index contributed by atoms with van der Waals surface area (Å²) in [6.07, 6.45) is 1.46. The van der Waals surface area contributed by atoms with E-state index in [9.17, 15) is 9.18 Å². The van der Waals surface area contributed by atoms with E-state index in [1.165, 1.54) is 23.0 Å². The largest absolute Gasteiger partial charge is 0.397 e. The zero-order valence-corrected chi connectivity index (χ0v) is 10.9. The van der Waals surface area contributed by atoms with Crippen LogP contribution in [0.4, 0.5) is 15.8 Å². The maximum atomic E-state index is 13.1. The van der Waals surface area contributed by atoms with Crippen molar-refractivity contribution in [2.24, 2.45) is 0 Å². The van der Waals surface area contributed by atoms with E-state index < -0.39 is 5.82 Å². The zero-order valence-electron chi connectivity index (χ0n) is 10.2. The van der Waals surface area contributed by atoms with E-state index in [0.29, 0.717) is 16.4 Å². The normalized spacial score (nSPS) is 10.5. The van der Waals surface area contributed by atoms with Gasteiger partial charge in [-0.05, 0) is 25.1 Å². The number of carbonyl (C=O) groups excluding carboxylic acids is 1. The summed E-state index contributed by atoms with van der Waals surface area (Å²) in [6, 6.07) is 3.78. The number of carbonyl (C=O) groups is 1. The third-order valence-corrected chi connectivity index (χ3v) is 3.00. The fraction of sp³-hybridized carbons (Fsp3) is 0.167. The summed E-state index contributed by atoms with van der Waals surface area (Å²) in [5.74, 6) is -0.831. The van der Waals surface area contributed by atoms with Crippen LogP contribution in [0.15, 0.2) is 24.4 Å². The van der Waals surface area contributed by atoms with Gasteiger partial charge in [0.15, 0.2) is 0 Å². The monoisotopic (exact) mass is 282 g/mol. The number of hydrogen-bond acceptors (Lipinski definition) is 3. The summed E-state index contributed by atoms with van der Waals surface area (Å²) in [7, 11) is 0. The quantitative estimate of drug-likeness (QED) is 0.848. The molecule has 1 amide bonds. The van der Waals surface area contributed by atoms with Crippen LogP contribution in [0.25, 0.3) is 0 Å². The first kappa shape index (κ1) is 13.4. The topological polar surface area (TPSA) is 72.9 Å². The van der Waals surface area contributed by atoms with Crippen LogP contribution in [0.2, 0.25) is 5.02 Å². The molecule has 0 aliphatic heterocycles. The summed E-state index contributed by atoms with van der Waals surface area (Å²) in [5, 5.41) is 6.97. The number of rotatable bonds is 3. The second kappa shape index (κ2) is 5.27. The highest BCUT2D eigenvalue weighted by molar-refractivity contribution is 6.31. The highest BCUT2D eigenvalue weighted by Gasteiger charge is 2.10. The molecular formula is C12H12ClFN4O. The SMILES string of the molecule is Cc1c(Cl)cnn1CC(=O)Nc1cc(F)ccc1N. The van der Waals surface area contributed by atoms with Gasteiger partial charge < -0.3 is 11.1 Å². The molecule has 5 nitrogen and oxygen atoms in total. The standard InChI is InChI=1S/C12H12ClFN4O/c1-7-9(13)5-16-18(7)6-12(19)17-11-4-8(14)2-3-10(11)15/h2-5H,6,15H2,1H3,(H,17,19). The molecule has 7 heteroatoms. The van der Waals surface area contributed by atoms with Crippen molar-refractivity contribution in [3.63, 3.8) is 0 Å². The van der Waals surface area contributed by atoms with Crippen LogP contribution < -0.4 is 11.1 Å². The molecule has 3 N–H and O–H groups in total. The Balaban J connectivity index is 2.09. The molecule has 2 aromatic rings. The van der Waals surface area contributed by atoms with E-state index >= 15 is 0 Å². The Kier molecular flexibility index (Phi) is 3.71. The third kappa shape index (κ3) is 3.03. The Bertz CT molecular complexity index is 626. The molecule has 0 aliphatic carbocycles. The number of nitrogen functional groups attached to an aromatic ring is 1. The van der Waals surface area contributed by atoms with Crippen molar-refractivity contribution in [1.82, 2.24) is 9.78 Å². The van der Waals surface area contributed by atoms with Gasteiger partial charge in [0.25, 0.3) is 0 Å². The van der Waals surface area contributed by atoms with Gasteiger partial charge in [0.2, 0.25) is 5.91 Å². The molecule has 1 aromatic carbocycles. The lowest BCUT2D eigenvalue weighted by molar-refractivity contribution is -0.116. The van der Waals surface area contributed by atoms with Crippen molar-refractivity contribution in [1.29, 1.82) is 0 Å². The highest BCUT2D eigenvalue weighted by Crippen LogP contribution is 2.19. The number of amides is 1. The van der Waals surface area contributed by atoms with Crippen molar-refractivity contribution >= 4 is 28.9 Å². The van der Waals surface area contributed by atoms with Crippen molar-refractivity contribution in [2.75, 3.05) is 11.1 Å². The molecule has 2 rings (SSSR count). The van der Waals surface area contributed by atoms with Gasteiger partial charge in [-0.25, -0.2) is 4.39 Å². The van der Waals surface area contributed by atoms with E-state index in [1.807, 2.05) is 0 Å². The summed E-state index contributed by atoms with van der Waals surface area (Å²) < 4.78 is 14.5. The van der Waals surface area contributed by atoms with E-state index in [1.54, 1.807) is 6.92 Å². The van der Waals surface area contributed by atoms with Gasteiger partial charge >= 0.3 is 0 Å². The number of hydrogen-bond donors (Lipinski definition) is 2. The number of halogens is 2. The van der Waals surface area contributed by atoms with Crippen molar-refractivity contribution in [2.45, 2.75) is 13.5 Å². The molecule has 1 heterocycles. The van der Waals surface area contributed by atoms with E-state index in [-0.39, 0.29) is 18.1 Å². The Morgan fingerprint density at radius 3 is 2.95 bits per heavy atom. The maximum absolute atomic E-state index is 13.1. The lowest BCUT2D eigenvalue weighted by Gasteiger charge is -2.09. The average molecular weight is 283 g/mol. The Hall–Kier alpha value is -2.08. The number of nitrogens with zero attached hydrogens (tertiary/aromatic N) is 2. The molecule has 19 heavy (non-hydrogen) atoms. The predicted molar refractivity (Wildman–Crippen MR) is 71.4 cm³/mol. The number of aromatic nitrogens is 2. The molecule has 0 bridgehead atoms. The van der Waals surface area contributed by atoms with Crippen molar-refractivity contribution < 1.29 is 9.18 Å². The summed E-state index contributed by atoms with van der Waals surface area (Å²) >= 11 is 5.83. The second-order valence-corrected chi connectivity index (χ2v) is 4.42. The molecule has 1 aromatic heterocycles. The Morgan fingerprint density at radius 2 is 2.32 bits per heavy atom. The maximum Gasteiger partial charge on any atom is 0.246 e. The van der Waals surface area contributed by atoms with Crippen molar-refractivity contribution in [3.05, 3.63) is 40.9 Å². The third-order valence-electron chi connectivity index (χ3n) is 2.63. The molecular weight excluding hydrogens is 271 g/mol. The van der Waals surface area contributed by atoms with Crippen LogP contribution in [0.1, 0.15) is 5.69 Å². The van der Waals surface area contributed by atoms with Crippen LogP contribution in [0, 0.1) is 12.7 Å². The molecule has 0 spiro atoms. The van der Waals surface area contributed by atoms with Gasteiger partial charge in [0.05, 0.1) is 28.3 Å². The first-order chi connectivity index (χ1) is 8.97. The lowest BCUT2D eigenvalue weighted by Crippen LogP contribution is -2.20. The molecule has 0 atom stereocenters. The highest BCUT2D eigenvalue weighted by atomic mass is 35.5. The molecule has 100 valence electrons. The number of nitrogens with two attached hydrogens (primary N) is 1. The van der Waals surface area contributed by atoms with Crippen LogP contribution >= 0.6 is 11.6 Å². The number of benzene rings is 1. The molecule has 0 fully saturated rings. The smallest absolute Gasteiger partial charge is 0.246 e. The first-order valence-electron chi connectivity index (χ1n) is 5.50. The number of anilines is 2. The van der Waals surface area contributed by atoms with Crippen molar-refractivity contribution in [3.8, 4) is 0 Å². The average Bonchev–Trinajstić information content (AvgIpc) is 2.66. The van der Waals surface area contributed by atoms with Gasteiger partial charge in [0, 0.05) is 0 Å². The molecule has 0 saturated carbocycles. The minimum atomic E-state index is -0.470. The van der Waals surface area contributed by atoms with Crippen LogP contribution in [0.3, 0.4) is 0 Å². The fourth-order valence-electron chi connectivity index (χ4n) is 1.55. The van der Waals surface area contributed by atoms with Gasteiger partial charge in [0.1, 0.15) is 12.4 Å². The fourth-order valence-corrected chi connectivity index (χ4v) is 1.69. The summed E-state index contributed by atoms with van der Waals surface area (Å²) in [5.41, 5.74) is 6.86. The van der Waals surface area contributed by atoms with E-state index in [4.69, 9.17) is 17.3 Å². The van der Waals surface area contributed by atoms with Gasteiger partial charge in [-0.2, -0.15) is 5.10 Å². The number of nitrogens with one attached hydrogen (secondary N) is 1. The minimum Gasteiger partial charge on any atom is -0.397 e. The summed E-state index contributed by atoms with van der Waals surface area (Å²) in [6.45, 7) is 1.73. The van der Waals surface area contributed by atoms with E-state index in [0.717, 1.165) is 6.07 Å². The predicted octanol–water partition coefficient (Wildman–Crippen LogP) is 2.20. The molecule has 0 radical (unpaired) electrons. The molecule has 0 unspecified atom stereocenters. The second-order valence-electron chi connectivity index (χ2n) is 4.02. The van der Waals surface area contributed by atoms with Gasteiger partial charge in [-0.1, -0.05) is 11.6 Å². The van der Waals surface area contributed by atoms with Crippen LogP contribution in [-0.4, -0.2) is 15.7 Å². The Labute approximate surface area is 114 Å². The minimum absolute atomic E-state index is 0.0193. The first-order valence-corrected chi connectivity index (χ1v) is 5.88.